The van der Waals surface area contributed by atoms with Crippen molar-refractivity contribution in [2.24, 2.45) is 22.4 Å². The lowest BCUT2D eigenvalue weighted by atomic mass is 9.99. The van der Waals surface area contributed by atoms with Crippen molar-refractivity contribution in [3.63, 3.8) is 0 Å². The van der Waals surface area contributed by atoms with Crippen molar-refractivity contribution >= 4 is 40.8 Å². The normalized spacial score (nSPS) is 15.2. The highest BCUT2D eigenvalue weighted by atomic mass is 35.5. The minimum absolute atomic E-state index is 0.178. The number of hydrogen-bond donors (Lipinski definition) is 4. The summed E-state index contributed by atoms with van der Waals surface area (Å²) in [5, 5.41) is 6.05. The highest BCUT2D eigenvalue weighted by Crippen LogP contribution is 2.25. The molecule has 2 aromatic carbocycles. The molecule has 0 saturated carbocycles. The summed E-state index contributed by atoms with van der Waals surface area (Å²) in [6.45, 7) is 3.08. The fourth-order valence-corrected chi connectivity index (χ4v) is 3.02. The van der Waals surface area contributed by atoms with Crippen LogP contribution in [0.2, 0.25) is 10.0 Å². The van der Waals surface area contributed by atoms with Gasteiger partial charge in [0.1, 0.15) is 6.04 Å². The van der Waals surface area contributed by atoms with Crippen LogP contribution in [0.15, 0.2) is 47.5 Å². The predicted molar refractivity (Wildman–Crippen MR) is 117 cm³/mol. The third-order valence-corrected chi connectivity index (χ3v) is 5.02. The molecule has 0 saturated heterocycles. The van der Waals surface area contributed by atoms with Crippen LogP contribution < -0.4 is 22.1 Å². The van der Waals surface area contributed by atoms with E-state index >= 15 is 0 Å². The monoisotopic (exact) mass is 475 g/mol. The lowest BCUT2D eigenvalue weighted by Gasteiger charge is -2.29. The molecule has 0 aliphatic heterocycles. The molecule has 0 bridgehead atoms. The summed E-state index contributed by atoms with van der Waals surface area (Å²) in [5.41, 5.74) is 12.6. The molecular formula is C20H22Cl2F3N5O. The van der Waals surface area contributed by atoms with Gasteiger partial charge in [0.05, 0.1) is 16.9 Å². The summed E-state index contributed by atoms with van der Waals surface area (Å²) >= 11 is 12.1. The zero-order valence-electron chi connectivity index (χ0n) is 16.7. The highest BCUT2D eigenvalue weighted by Gasteiger charge is 2.42. The van der Waals surface area contributed by atoms with Gasteiger partial charge in [-0.25, -0.2) is 0 Å². The number of rotatable bonds is 5. The average Bonchev–Trinajstić information content (AvgIpc) is 2.68. The van der Waals surface area contributed by atoms with Gasteiger partial charge in [0, 0.05) is 16.5 Å². The van der Waals surface area contributed by atoms with E-state index in [4.69, 9.17) is 34.7 Å². The zero-order chi connectivity index (χ0) is 23.3. The van der Waals surface area contributed by atoms with E-state index in [9.17, 15) is 18.0 Å². The largest absolute Gasteiger partial charge is 0.404 e. The van der Waals surface area contributed by atoms with E-state index in [-0.39, 0.29) is 11.5 Å². The number of aliphatic imine (C=N–C) groups is 1. The lowest BCUT2D eigenvalue weighted by Crippen LogP contribution is -2.56. The second-order valence-corrected chi connectivity index (χ2v) is 7.82. The van der Waals surface area contributed by atoms with E-state index in [0.717, 1.165) is 5.56 Å². The quantitative estimate of drug-likeness (QED) is 0.293. The van der Waals surface area contributed by atoms with Crippen molar-refractivity contribution in [3.05, 3.63) is 63.6 Å². The van der Waals surface area contributed by atoms with Crippen LogP contribution in [0.4, 0.5) is 18.9 Å². The van der Waals surface area contributed by atoms with Gasteiger partial charge in [0.25, 0.3) is 5.91 Å². The number of aryl methyl sites for hydroxylation is 1. The lowest BCUT2D eigenvalue weighted by molar-refractivity contribution is -0.159. The molecule has 2 aromatic rings. The zero-order valence-corrected chi connectivity index (χ0v) is 18.2. The molecule has 168 valence electrons. The maximum Gasteiger partial charge on any atom is 0.404 e. The molecule has 3 unspecified atom stereocenters. The summed E-state index contributed by atoms with van der Waals surface area (Å²) in [7, 11) is 0. The minimum Gasteiger partial charge on any atom is -0.340 e. The Balaban J connectivity index is 2.33. The van der Waals surface area contributed by atoms with E-state index < -0.39 is 30.2 Å². The van der Waals surface area contributed by atoms with Gasteiger partial charge in [-0.15, -0.1) is 0 Å². The van der Waals surface area contributed by atoms with Crippen LogP contribution in [0, 0.1) is 12.8 Å². The topological polar surface area (TPSA) is 106 Å². The smallest absolute Gasteiger partial charge is 0.340 e. The number of guanidine groups is 1. The van der Waals surface area contributed by atoms with Crippen LogP contribution in [-0.4, -0.2) is 30.3 Å². The second-order valence-electron chi connectivity index (χ2n) is 6.98. The molecule has 0 aliphatic rings. The Hall–Kier alpha value is -2.33. The number of nitrogens with zero attached hydrogens (tertiary/aromatic N) is 1. The standard InChI is InChI=1S/C20H22Cl2F3N5O/c1-10-6-7-15(14(22)8-10)28-19(29-17(27)11(2)16(26)20(23,24)25)30-18(31)12-4-3-5-13(21)9-12/h3-9,11,16-17H,26-27H2,1-2H3,(H2,28,29,30,31). The van der Waals surface area contributed by atoms with E-state index in [2.05, 4.69) is 15.6 Å². The average molecular weight is 476 g/mol. The minimum atomic E-state index is -4.64. The molecular weight excluding hydrogens is 454 g/mol. The first-order valence-corrected chi connectivity index (χ1v) is 9.90. The number of carbonyl (C=O) groups excluding carboxylic acids is 1. The molecule has 0 spiro atoms. The second kappa shape index (κ2) is 10.3. The first-order chi connectivity index (χ1) is 14.4. The summed E-state index contributed by atoms with van der Waals surface area (Å²) in [5.74, 6) is -2.12. The fourth-order valence-electron chi connectivity index (χ4n) is 2.54. The number of amides is 1. The van der Waals surface area contributed by atoms with E-state index in [0.29, 0.717) is 15.7 Å². The van der Waals surface area contributed by atoms with Gasteiger partial charge in [0.2, 0.25) is 5.96 Å². The summed E-state index contributed by atoms with van der Waals surface area (Å²) in [6.07, 6.45) is -5.92. The van der Waals surface area contributed by atoms with Gasteiger partial charge in [-0.3, -0.25) is 4.79 Å². The van der Waals surface area contributed by atoms with Crippen molar-refractivity contribution in [1.82, 2.24) is 5.32 Å². The third kappa shape index (κ3) is 7.10. The number of halogens is 5. The number of anilines is 1. The Morgan fingerprint density at radius 2 is 1.81 bits per heavy atom. The van der Waals surface area contributed by atoms with E-state index in [1.807, 2.05) is 6.92 Å². The number of nitrogens with two attached hydrogens (primary N) is 2. The molecule has 1 amide bonds. The van der Waals surface area contributed by atoms with Crippen molar-refractivity contribution in [3.8, 4) is 0 Å². The Morgan fingerprint density at radius 1 is 1.13 bits per heavy atom. The van der Waals surface area contributed by atoms with E-state index in [1.165, 1.54) is 19.1 Å². The molecule has 11 heteroatoms. The van der Waals surface area contributed by atoms with Crippen molar-refractivity contribution < 1.29 is 18.0 Å². The van der Waals surface area contributed by atoms with Crippen LogP contribution in [0.5, 0.6) is 0 Å². The maximum atomic E-state index is 13.0. The molecule has 3 atom stereocenters. The molecule has 0 aromatic heterocycles. The van der Waals surface area contributed by atoms with Crippen LogP contribution in [0.1, 0.15) is 22.8 Å². The molecule has 0 aliphatic carbocycles. The molecule has 6 nitrogen and oxygen atoms in total. The van der Waals surface area contributed by atoms with Gasteiger partial charge >= 0.3 is 6.18 Å². The van der Waals surface area contributed by atoms with Crippen LogP contribution in [0.25, 0.3) is 0 Å². The molecule has 2 rings (SSSR count). The maximum absolute atomic E-state index is 13.0. The van der Waals surface area contributed by atoms with Crippen molar-refractivity contribution in [2.75, 3.05) is 5.32 Å². The third-order valence-electron chi connectivity index (χ3n) is 4.48. The molecule has 0 heterocycles. The summed E-state index contributed by atoms with van der Waals surface area (Å²) in [4.78, 5) is 16.5. The Morgan fingerprint density at radius 3 is 2.39 bits per heavy atom. The first-order valence-electron chi connectivity index (χ1n) is 9.14. The van der Waals surface area contributed by atoms with Gasteiger partial charge in [0.15, 0.2) is 0 Å². The summed E-state index contributed by atoms with van der Waals surface area (Å²) < 4.78 is 38.9. The van der Waals surface area contributed by atoms with E-state index in [1.54, 1.807) is 30.3 Å². The van der Waals surface area contributed by atoms with Gasteiger partial charge < -0.3 is 22.1 Å². The van der Waals surface area contributed by atoms with Gasteiger partial charge in [-0.05, 0) is 42.8 Å². The Labute approximate surface area is 187 Å². The molecule has 0 radical (unpaired) electrons. The highest BCUT2D eigenvalue weighted by molar-refractivity contribution is 6.34. The van der Waals surface area contributed by atoms with Crippen LogP contribution >= 0.6 is 23.2 Å². The van der Waals surface area contributed by atoms with Gasteiger partial charge in [-0.2, -0.15) is 18.2 Å². The van der Waals surface area contributed by atoms with Crippen molar-refractivity contribution in [2.45, 2.75) is 32.2 Å². The summed E-state index contributed by atoms with van der Waals surface area (Å²) in [6, 6.07) is 8.94. The number of hydrogen-bond acceptors (Lipinski definition) is 3. The number of alkyl halides is 3. The van der Waals surface area contributed by atoms with Crippen LogP contribution in [-0.2, 0) is 0 Å². The molecule has 31 heavy (non-hydrogen) atoms. The van der Waals surface area contributed by atoms with Crippen molar-refractivity contribution in [1.29, 1.82) is 0 Å². The number of benzene rings is 2. The Bertz CT molecular complexity index is 968. The van der Waals surface area contributed by atoms with Gasteiger partial charge in [-0.1, -0.05) is 42.3 Å². The number of nitrogens with one attached hydrogen (secondary N) is 2. The molecule has 0 fully saturated rings. The first kappa shape index (κ1) is 24.9. The Kier molecular flexibility index (Phi) is 8.30. The fraction of sp³-hybridized carbons (Fsp3) is 0.300. The molecule has 6 N–H and O–H groups in total. The SMILES string of the molecule is Cc1ccc(N/C(=N/C(=O)c2cccc(Cl)c2)NC(N)C(C)C(N)C(F)(F)F)c(Cl)c1. The predicted octanol–water partition coefficient (Wildman–Crippen LogP) is 4.31. The van der Waals surface area contributed by atoms with Crippen LogP contribution in [0.3, 0.4) is 0 Å². The number of carbonyl (C=O) groups is 1.